The van der Waals surface area contributed by atoms with E-state index in [9.17, 15) is 0 Å². The van der Waals surface area contributed by atoms with Crippen molar-refractivity contribution < 1.29 is 4.74 Å². The smallest absolute Gasteiger partial charge is 0.0957 e. The first-order valence-corrected chi connectivity index (χ1v) is 8.07. The minimum Gasteiger partial charge on any atom is -0.378 e. The van der Waals surface area contributed by atoms with Gasteiger partial charge in [0, 0.05) is 30.0 Å². The number of nitrogens with zero attached hydrogens (tertiary/aromatic N) is 1. The fourth-order valence-corrected chi connectivity index (χ4v) is 3.32. The number of rotatable bonds is 4. The summed E-state index contributed by atoms with van der Waals surface area (Å²) >= 11 is 1.84. The molecule has 1 aliphatic rings. The fraction of sp³-hybridized carbons (Fsp3) is 0.800. The van der Waals surface area contributed by atoms with Crippen LogP contribution in [0.2, 0.25) is 0 Å². The highest BCUT2D eigenvalue weighted by molar-refractivity contribution is 7.11. The van der Waals surface area contributed by atoms with Crippen molar-refractivity contribution in [1.29, 1.82) is 0 Å². The van der Waals surface area contributed by atoms with Gasteiger partial charge in [-0.15, -0.1) is 11.3 Å². The van der Waals surface area contributed by atoms with Gasteiger partial charge in [-0.3, -0.25) is 0 Å². The van der Waals surface area contributed by atoms with Crippen LogP contribution in [0.4, 0.5) is 0 Å². The summed E-state index contributed by atoms with van der Waals surface area (Å²) < 4.78 is 5.80. The van der Waals surface area contributed by atoms with Gasteiger partial charge in [0.15, 0.2) is 0 Å². The minimum absolute atomic E-state index is 0.156. The first-order chi connectivity index (χ1) is 8.94. The summed E-state index contributed by atoms with van der Waals surface area (Å²) in [5.74, 6) is 0. The predicted molar refractivity (Wildman–Crippen MR) is 80.7 cm³/mol. The Morgan fingerprint density at radius 1 is 1.37 bits per heavy atom. The highest BCUT2D eigenvalue weighted by Gasteiger charge is 2.18. The average Bonchev–Trinajstić information content (AvgIpc) is 2.67. The molecule has 0 saturated carbocycles. The molecule has 0 aromatic carbocycles. The molecule has 3 nitrogen and oxygen atoms in total. The van der Waals surface area contributed by atoms with Crippen LogP contribution in [0, 0.1) is 6.92 Å². The van der Waals surface area contributed by atoms with E-state index >= 15 is 0 Å². The van der Waals surface area contributed by atoms with Gasteiger partial charge >= 0.3 is 0 Å². The molecule has 0 amide bonds. The van der Waals surface area contributed by atoms with Crippen molar-refractivity contribution in [1.82, 2.24) is 10.3 Å². The van der Waals surface area contributed by atoms with Gasteiger partial charge in [-0.25, -0.2) is 4.98 Å². The Hall–Kier alpha value is -0.450. The van der Waals surface area contributed by atoms with E-state index in [2.05, 4.69) is 33.0 Å². The number of aromatic nitrogens is 1. The molecule has 108 valence electrons. The van der Waals surface area contributed by atoms with Crippen molar-refractivity contribution >= 4 is 11.3 Å². The zero-order valence-electron chi connectivity index (χ0n) is 12.6. The van der Waals surface area contributed by atoms with E-state index in [1.165, 1.54) is 34.8 Å². The number of nitrogens with one attached hydrogen (secondary N) is 1. The third-order valence-electron chi connectivity index (χ3n) is 3.39. The summed E-state index contributed by atoms with van der Waals surface area (Å²) in [5.41, 5.74) is 1.33. The molecule has 1 atom stereocenters. The van der Waals surface area contributed by atoms with E-state index in [1.807, 2.05) is 11.3 Å². The zero-order valence-corrected chi connectivity index (χ0v) is 13.4. The number of hydrogen-bond acceptors (Lipinski definition) is 4. The Morgan fingerprint density at radius 3 is 2.79 bits per heavy atom. The summed E-state index contributed by atoms with van der Waals surface area (Å²) in [6, 6.07) is 0. The Kier molecular flexibility index (Phi) is 4.98. The molecule has 2 heterocycles. The lowest BCUT2D eigenvalue weighted by molar-refractivity contribution is 0.0167. The lowest BCUT2D eigenvalue weighted by Crippen LogP contribution is -2.34. The van der Waals surface area contributed by atoms with Gasteiger partial charge in [-0.2, -0.15) is 0 Å². The first-order valence-electron chi connectivity index (χ1n) is 7.26. The second-order valence-electron chi connectivity index (χ2n) is 6.41. The predicted octanol–water partition coefficient (Wildman–Crippen LogP) is 3.45. The third kappa shape index (κ3) is 4.86. The molecule has 0 radical (unpaired) electrons. The quantitative estimate of drug-likeness (QED) is 0.918. The van der Waals surface area contributed by atoms with Crippen molar-refractivity contribution in [3.05, 3.63) is 15.6 Å². The van der Waals surface area contributed by atoms with Gasteiger partial charge in [-0.1, -0.05) is 0 Å². The van der Waals surface area contributed by atoms with E-state index in [0.29, 0.717) is 6.10 Å². The number of aryl methyl sites for hydroxylation is 1. The molecule has 2 rings (SSSR count). The largest absolute Gasteiger partial charge is 0.378 e. The zero-order chi connectivity index (χ0) is 13.9. The molecule has 0 aliphatic carbocycles. The Bertz CT molecular complexity index is 403. The van der Waals surface area contributed by atoms with Crippen LogP contribution < -0.4 is 5.32 Å². The van der Waals surface area contributed by atoms with Gasteiger partial charge in [0.1, 0.15) is 0 Å². The van der Waals surface area contributed by atoms with Crippen LogP contribution in [-0.2, 0) is 17.7 Å². The van der Waals surface area contributed by atoms with Crippen molar-refractivity contribution in [2.75, 3.05) is 6.61 Å². The summed E-state index contributed by atoms with van der Waals surface area (Å²) in [6.07, 6.45) is 5.08. The minimum atomic E-state index is 0.156. The Labute approximate surface area is 120 Å². The maximum atomic E-state index is 5.80. The van der Waals surface area contributed by atoms with E-state index in [0.717, 1.165) is 19.6 Å². The summed E-state index contributed by atoms with van der Waals surface area (Å²) in [4.78, 5) is 6.07. The second-order valence-corrected chi connectivity index (χ2v) is 7.58. The SMILES string of the molecule is Cc1nc(CC2CCCCO2)sc1CNC(C)(C)C. The molecule has 4 heteroatoms. The number of thiazole rings is 1. The van der Waals surface area contributed by atoms with E-state index in [1.54, 1.807) is 0 Å². The normalized spacial score (nSPS) is 20.7. The standard InChI is InChI=1S/C15H26N2OS/c1-11-13(10-16-15(2,3)4)19-14(17-11)9-12-7-5-6-8-18-12/h12,16H,5-10H2,1-4H3. The molecule has 0 spiro atoms. The van der Waals surface area contributed by atoms with Gasteiger partial charge in [0.2, 0.25) is 0 Å². The molecular weight excluding hydrogens is 256 g/mol. The van der Waals surface area contributed by atoms with Crippen LogP contribution in [0.3, 0.4) is 0 Å². The molecule has 1 aromatic rings. The molecule has 0 bridgehead atoms. The summed E-state index contributed by atoms with van der Waals surface area (Å²) in [7, 11) is 0. The van der Waals surface area contributed by atoms with Crippen LogP contribution in [-0.4, -0.2) is 23.2 Å². The molecule has 1 aromatic heterocycles. The van der Waals surface area contributed by atoms with E-state index < -0.39 is 0 Å². The first kappa shape index (κ1) is 14.9. The molecule has 1 N–H and O–H groups in total. The fourth-order valence-electron chi connectivity index (χ4n) is 2.25. The maximum absolute atomic E-state index is 5.80. The number of ether oxygens (including phenoxy) is 1. The monoisotopic (exact) mass is 282 g/mol. The molecule has 1 saturated heterocycles. The highest BCUT2D eigenvalue weighted by Crippen LogP contribution is 2.23. The van der Waals surface area contributed by atoms with Crippen molar-refractivity contribution in [3.63, 3.8) is 0 Å². The topological polar surface area (TPSA) is 34.1 Å². The molecule has 19 heavy (non-hydrogen) atoms. The Balaban J connectivity index is 1.92. The van der Waals surface area contributed by atoms with Gasteiger partial charge in [-0.05, 0) is 47.0 Å². The lowest BCUT2D eigenvalue weighted by Gasteiger charge is -2.21. The van der Waals surface area contributed by atoms with E-state index in [-0.39, 0.29) is 5.54 Å². The Morgan fingerprint density at radius 2 is 2.16 bits per heavy atom. The van der Waals surface area contributed by atoms with Gasteiger partial charge < -0.3 is 10.1 Å². The van der Waals surface area contributed by atoms with Crippen LogP contribution >= 0.6 is 11.3 Å². The van der Waals surface area contributed by atoms with Gasteiger partial charge in [0.25, 0.3) is 0 Å². The van der Waals surface area contributed by atoms with Crippen molar-refractivity contribution in [2.24, 2.45) is 0 Å². The molecule has 1 fully saturated rings. The summed E-state index contributed by atoms with van der Waals surface area (Å²) in [6.45, 7) is 10.5. The molecule has 1 aliphatic heterocycles. The molecular formula is C15H26N2OS. The number of hydrogen-bond donors (Lipinski definition) is 1. The molecule has 1 unspecified atom stereocenters. The van der Waals surface area contributed by atoms with E-state index in [4.69, 9.17) is 9.72 Å². The van der Waals surface area contributed by atoms with Crippen LogP contribution in [0.1, 0.15) is 55.6 Å². The maximum Gasteiger partial charge on any atom is 0.0957 e. The second kappa shape index (κ2) is 6.33. The summed E-state index contributed by atoms with van der Waals surface area (Å²) in [5, 5.41) is 4.77. The highest BCUT2D eigenvalue weighted by atomic mass is 32.1. The van der Waals surface area contributed by atoms with Crippen LogP contribution in [0.15, 0.2) is 0 Å². The average molecular weight is 282 g/mol. The third-order valence-corrected chi connectivity index (χ3v) is 4.57. The van der Waals surface area contributed by atoms with Crippen LogP contribution in [0.25, 0.3) is 0 Å². The van der Waals surface area contributed by atoms with Gasteiger partial charge in [0.05, 0.1) is 16.8 Å². The van der Waals surface area contributed by atoms with Crippen molar-refractivity contribution in [3.8, 4) is 0 Å². The van der Waals surface area contributed by atoms with Crippen LogP contribution in [0.5, 0.6) is 0 Å². The van der Waals surface area contributed by atoms with Crippen molar-refractivity contribution in [2.45, 2.75) is 71.6 Å². The lowest BCUT2D eigenvalue weighted by atomic mass is 10.1.